The van der Waals surface area contributed by atoms with E-state index in [1.165, 1.54) is 11.3 Å². The Hall–Kier alpha value is -2.86. The molecule has 0 unspecified atom stereocenters. The fourth-order valence-corrected chi connectivity index (χ4v) is 4.08. The lowest BCUT2D eigenvalue weighted by molar-refractivity contribution is 0.102. The van der Waals surface area contributed by atoms with Gasteiger partial charge in [0.25, 0.3) is 5.91 Å². The second-order valence-corrected chi connectivity index (χ2v) is 7.46. The first-order valence-electron chi connectivity index (χ1n) is 9.16. The van der Waals surface area contributed by atoms with Gasteiger partial charge in [-0.2, -0.15) is 0 Å². The average molecular weight is 397 g/mol. The predicted molar refractivity (Wildman–Crippen MR) is 114 cm³/mol. The summed E-state index contributed by atoms with van der Waals surface area (Å²) in [7, 11) is 3.27. The van der Waals surface area contributed by atoms with Crippen molar-refractivity contribution in [2.75, 3.05) is 19.5 Å². The van der Waals surface area contributed by atoms with Gasteiger partial charge in [-0.3, -0.25) is 10.1 Å². The van der Waals surface area contributed by atoms with Gasteiger partial charge in [-0.25, -0.2) is 4.98 Å². The van der Waals surface area contributed by atoms with E-state index in [1.54, 1.807) is 14.2 Å². The molecular weight excluding hydrogens is 372 g/mol. The number of nitrogens with zero attached hydrogens (tertiary/aromatic N) is 1. The molecule has 0 atom stereocenters. The third-order valence-corrected chi connectivity index (χ3v) is 5.48. The maximum absolute atomic E-state index is 12.7. The molecular formula is C22H24N2O3S. The molecule has 1 aromatic heterocycles. The van der Waals surface area contributed by atoms with Crippen molar-refractivity contribution >= 4 is 22.4 Å². The van der Waals surface area contributed by atoms with Crippen molar-refractivity contribution < 1.29 is 14.3 Å². The van der Waals surface area contributed by atoms with Gasteiger partial charge >= 0.3 is 0 Å². The largest absolute Gasteiger partial charge is 0.497 e. The summed E-state index contributed by atoms with van der Waals surface area (Å²) >= 11 is 1.50. The van der Waals surface area contributed by atoms with Crippen LogP contribution in [0.4, 0.5) is 5.13 Å². The van der Waals surface area contributed by atoms with E-state index in [2.05, 4.69) is 12.2 Å². The Morgan fingerprint density at radius 1 is 1.14 bits per heavy atom. The van der Waals surface area contributed by atoms with Gasteiger partial charge in [0.05, 0.1) is 19.9 Å². The number of benzene rings is 2. The van der Waals surface area contributed by atoms with Crippen LogP contribution in [0, 0.1) is 6.92 Å². The van der Waals surface area contributed by atoms with Crippen LogP contribution in [-0.2, 0) is 6.42 Å². The van der Waals surface area contributed by atoms with Gasteiger partial charge in [0.15, 0.2) is 5.13 Å². The number of amides is 1. The summed E-state index contributed by atoms with van der Waals surface area (Å²) in [4.78, 5) is 18.5. The molecule has 146 valence electrons. The standard InChI is InChI=1S/C22H24N2O3S/c1-5-8-19-20(17-13-15(26-3)11-12-18(17)27-4)23-22(28-19)24-21(25)16-10-7-6-9-14(16)2/h6-7,9-13H,5,8H2,1-4H3,(H,23,24,25). The van der Waals surface area contributed by atoms with E-state index in [-0.39, 0.29) is 5.91 Å². The first-order valence-corrected chi connectivity index (χ1v) is 9.98. The highest BCUT2D eigenvalue weighted by atomic mass is 32.1. The number of carbonyl (C=O) groups is 1. The van der Waals surface area contributed by atoms with Crippen LogP contribution in [-0.4, -0.2) is 25.1 Å². The number of methoxy groups -OCH3 is 2. The summed E-state index contributed by atoms with van der Waals surface area (Å²) in [6.45, 7) is 4.05. The highest BCUT2D eigenvalue weighted by Crippen LogP contribution is 2.39. The number of nitrogens with one attached hydrogen (secondary N) is 1. The summed E-state index contributed by atoms with van der Waals surface area (Å²) in [5, 5.41) is 3.53. The van der Waals surface area contributed by atoms with Gasteiger partial charge in [0, 0.05) is 16.0 Å². The Morgan fingerprint density at radius 2 is 1.93 bits per heavy atom. The number of aryl methyl sites for hydroxylation is 2. The number of anilines is 1. The van der Waals surface area contributed by atoms with Crippen LogP contribution in [0.15, 0.2) is 42.5 Å². The molecule has 1 heterocycles. The summed E-state index contributed by atoms with van der Waals surface area (Å²) < 4.78 is 10.9. The number of carbonyl (C=O) groups excluding carboxylic acids is 1. The Balaban J connectivity index is 1.99. The van der Waals surface area contributed by atoms with Crippen molar-refractivity contribution in [1.82, 2.24) is 4.98 Å². The van der Waals surface area contributed by atoms with Crippen LogP contribution < -0.4 is 14.8 Å². The second kappa shape index (κ2) is 8.89. The lowest BCUT2D eigenvalue weighted by Gasteiger charge is -2.10. The Kier molecular flexibility index (Phi) is 6.31. The van der Waals surface area contributed by atoms with E-state index in [4.69, 9.17) is 14.5 Å². The Labute approximate surface area is 169 Å². The number of rotatable bonds is 7. The molecule has 0 bridgehead atoms. The van der Waals surface area contributed by atoms with Crippen molar-refractivity contribution in [2.45, 2.75) is 26.7 Å². The van der Waals surface area contributed by atoms with Crippen molar-refractivity contribution in [3.8, 4) is 22.8 Å². The normalized spacial score (nSPS) is 10.6. The molecule has 0 aliphatic heterocycles. The molecule has 3 rings (SSSR count). The zero-order valence-electron chi connectivity index (χ0n) is 16.5. The van der Waals surface area contributed by atoms with Gasteiger partial charge < -0.3 is 9.47 Å². The minimum absolute atomic E-state index is 0.154. The zero-order chi connectivity index (χ0) is 20.1. The first-order chi connectivity index (χ1) is 13.6. The molecule has 0 aliphatic carbocycles. The van der Waals surface area contributed by atoms with Gasteiger partial charge in [-0.1, -0.05) is 31.5 Å². The van der Waals surface area contributed by atoms with Crippen molar-refractivity contribution in [3.05, 3.63) is 58.5 Å². The lowest BCUT2D eigenvalue weighted by atomic mass is 10.1. The van der Waals surface area contributed by atoms with Crippen LogP contribution in [0.1, 0.15) is 34.1 Å². The lowest BCUT2D eigenvalue weighted by Crippen LogP contribution is -2.13. The predicted octanol–water partition coefficient (Wildman–Crippen LogP) is 5.34. The highest BCUT2D eigenvalue weighted by Gasteiger charge is 2.19. The first kappa shape index (κ1) is 19.9. The average Bonchev–Trinajstić information content (AvgIpc) is 3.10. The molecule has 5 nitrogen and oxygen atoms in total. The third kappa shape index (κ3) is 4.17. The zero-order valence-corrected chi connectivity index (χ0v) is 17.4. The second-order valence-electron chi connectivity index (χ2n) is 6.38. The highest BCUT2D eigenvalue weighted by molar-refractivity contribution is 7.16. The molecule has 2 aromatic carbocycles. The molecule has 6 heteroatoms. The number of hydrogen-bond acceptors (Lipinski definition) is 5. The molecule has 0 aliphatic rings. The van der Waals surface area contributed by atoms with E-state index < -0.39 is 0 Å². The summed E-state index contributed by atoms with van der Waals surface area (Å²) in [5.74, 6) is 1.30. The van der Waals surface area contributed by atoms with E-state index in [9.17, 15) is 4.79 Å². The summed E-state index contributed by atoms with van der Waals surface area (Å²) in [6, 6.07) is 13.2. The number of thiazole rings is 1. The van der Waals surface area contributed by atoms with Gasteiger partial charge in [-0.15, -0.1) is 11.3 Å². The number of aromatic nitrogens is 1. The van der Waals surface area contributed by atoms with E-state index in [1.807, 2.05) is 49.4 Å². The Morgan fingerprint density at radius 3 is 2.61 bits per heavy atom. The number of ether oxygens (including phenoxy) is 2. The van der Waals surface area contributed by atoms with E-state index in [0.717, 1.165) is 46.0 Å². The Bertz CT molecular complexity index is 982. The molecule has 0 radical (unpaired) electrons. The summed E-state index contributed by atoms with van der Waals surface area (Å²) in [5.41, 5.74) is 3.26. The van der Waals surface area contributed by atoms with Crippen LogP contribution in [0.2, 0.25) is 0 Å². The summed E-state index contributed by atoms with van der Waals surface area (Å²) in [6.07, 6.45) is 1.85. The topological polar surface area (TPSA) is 60.5 Å². The molecule has 0 fully saturated rings. The number of hydrogen-bond donors (Lipinski definition) is 1. The SMILES string of the molecule is CCCc1sc(NC(=O)c2ccccc2C)nc1-c1cc(OC)ccc1OC. The molecule has 1 N–H and O–H groups in total. The van der Waals surface area contributed by atoms with E-state index >= 15 is 0 Å². The molecule has 0 saturated carbocycles. The smallest absolute Gasteiger partial charge is 0.257 e. The van der Waals surface area contributed by atoms with Gasteiger partial charge in [0.1, 0.15) is 11.5 Å². The van der Waals surface area contributed by atoms with Crippen molar-refractivity contribution in [3.63, 3.8) is 0 Å². The minimum atomic E-state index is -0.154. The van der Waals surface area contributed by atoms with Gasteiger partial charge in [-0.05, 0) is 43.2 Å². The van der Waals surface area contributed by atoms with Crippen LogP contribution >= 0.6 is 11.3 Å². The van der Waals surface area contributed by atoms with Crippen LogP contribution in [0.3, 0.4) is 0 Å². The molecule has 3 aromatic rings. The molecule has 0 spiro atoms. The van der Waals surface area contributed by atoms with Crippen LogP contribution in [0.25, 0.3) is 11.3 Å². The fraction of sp³-hybridized carbons (Fsp3) is 0.273. The monoisotopic (exact) mass is 396 g/mol. The molecule has 1 amide bonds. The van der Waals surface area contributed by atoms with Gasteiger partial charge in [0.2, 0.25) is 0 Å². The van der Waals surface area contributed by atoms with Crippen LogP contribution in [0.5, 0.6) is 11.5 Å². The third-order valence-electron chi connectivity index (χ3n) is 4.45. The molecule has 28 heavy (non-hydrogen) atoms. The minimum Gasteiger partial charge on any atom is -0.497 e. The fourth-order valence-electron chi connectivity index (χ4n) is 3.00. The van der Waals surface area contributed by atoms with Crippen molar-refractivity contribution in [2.24, 2.45) is 0 Å². The maximum atomic E-state index is 12.7. The molecule has 0 saturated heterocycles. The van der Waals surface area contributed by atoms with Crippen molar-refractivity contribution in [1.29, 1.82) is 0 Å². The maximum Gasteiger partial charge on any atom is 0.257 e. The quantitative estimate of drug-likeness (QED) is 0.585. The van der Waals surface area contributed by atoms with E-state index in [0.29, 0.717) is 10.7 Å².